The van der Waals surface area contributed by atoms with Crippen molar-refractivity contribution in [3.63, 3.8) is 0 Å². The number of fused-ring (bicyclic) bond motifs is 1. The van der Waals surface area contributed by atoms with E-state index in [1.54, 1.807) is 18.3 Å². The van der Waals surface area contributed by atoms with Crippen LogP contribution in [0.2, 0.25) is 0 Å². The molecular formula is C20H21FN6O. The zero-order chi connectivity index (χ0) is 18.9. The van der Waals surface area contributed by atoms with Crippen LogP contribution in [0.15, 0.2) is 36.7 Å². The van der Waals surface area contributed by atoms with Crippen LogP contribution < -0.4 is 15.8 Å². The molecule has 0 amide bonds. The lowest BCUT2D eigenvalue weighted by Crippen LogP contribution is -2.36. The van der Waals surface area contributed by atoms with E-state index in [1.807, 2.05) is 12.1 Å². The van der Waals surface area contributed by atoms with Gasteiger partial charge in [0.2, 0.25) is 5.95 Å². The summed E-state index contributed by atoms with van der Waals surface area (Å²) in [6.07, 6.45) is 4.16. The molecule has 0 aliphatic carbocycles. The third kappa shape index (κ3) is 3.09. The molecule has 3 aromatic heterocycles. The molecule has 0 bridgehead atoms. The number of rotatable bonds is 3. The van der Waals surface area contributed by atoms with Crippen LogP contribution in [0.1, 0.15) is 18.2 Å². The molecule has 2 fully saturated rings. The van der Waals surface area contributed by atoms with Crippen molar-refractivity contribution >= 4 is 16.7 Å². The molecular weight excluding hydrogens is 359 g/mol. The van der Waals surface area contributed by atoms with Crippen LogP contribution in [0.5, 0.6) is 0 Å². The summed E-state index contributed by atoms with van der Waals surface area (Å²) >= 11 is 0. The first-order valence-electron chi connectivity index (χ1n) is 9.53. The van der Waals surface area contributed by atoms with Crippen LogP contribution in [0, 0.1) is 5.95 Å². The van der Waals surface area contributed by atoms with Gasteiger partial charge in [0.05, 0.1) is 30.5 Å². The lowest BCUT2D eigenvalue weighted by atomic mass is 10.00. The largest absolute Gasteiger partial charge is 0.378 e. The quantitative estimate of drug-likeness (QED) is 0.675. The molecule has 0 aromatic carbocycles. The van der Waals surface area contributed by atoms with Gasteiger partial charge in [0.1, 0.15) is 5.82 Å². The predicted molar refractivity (Wildman–Crippen MR) is 104 cm³/mol. The topological polar surface area (TPSA) is 75.2 Å². The highest BCUT2D eigenvalue weighted by atomic mass is 19.1. The summed E-state index contributed by atoms with van der Waals surface area (Å²) in [4.78, 5) is 15.6. The van der Waals surface area contributed by atoms with E-state index in [0.29, 0.717) is 18.8 Å². The van der Waals surface area contributed by atoms with E-state index < -0.39 is 5.95 Å². The first-order chi connectivity index (χ1) is 13.8. The average Bonchev–Trinajstić information content (AvgIpc) is 3.28. The predicted octanol–water partition coefficient (Wildman–Crippen LogP) is 2.21. The maximum Gasteiger partial charge on any atom is 0.220 e. The Morgan fingerprint density at radius 2 is 2.00 bits per heavy atom. The van der Waals surface area contributed by atoms with Crippen LogP contribution in [0.25, 0.3) is 22.0 Å². The van der Waals surface area contributed by atoms with Gasteiger partial charge >= 0.3 is 0 Å². The molecule has 2 aliphatic heterocycles. The fraction of sp³-hybridized carbons (Fsp3) is 0.350. The van der Waals surface area contributed by atoms with E-state index in [-0.39, 0.29) is 6.04 Å². The van der Waals surface area contributed by atoms with Crippen LogP contribution in [0.4, 0.5) is 10.2 Å². The number of pyridine rings is 3. The van der Waals surface area contributed by atoms with Crippen molar-refractivity contribution < 1.29 is 9.13 Å². The Labute approximate surface area is 161 Å². The van der Waals surface area contributed by atoms with Gasteiger partial charge in [-0.25, -0.2) is 15.4 Å². The van der Waals surface area contributed by atoms with E-state index in [4.69, 9.17) is 9.72 Å². The first-order valence-corrected chi connectivity index (χ1v) is 9.53. The standard InChI is InChI=1S/C20H21FN6O/c21-20-14(2-1-5-23-20)15-12-17(27-8-10-28-11-9-27)25-18-13(15)3-6-22-19(18)16-4-7-24-26-16/h1-3,5-6,12,16,24,26H,4,7-11H2. The van der Waals surface area contributed by atoms with Crippen LogP contribution in [-0.4, -0.2) is 47.8 Å². The Balaban J connectivity index is 1.74. The van der Waals surface area contributed by atoms with E-state index in [2.05, 4.69) is 25.7 Å². The fourth-order valence-electron chi connectivity index (χ4n) is 3.87. The fourth-order valence-corrected chi connectivity index (χ4v) is 3.87. The van der Waals surface area contributed by atoms with Gasteiger partial charge in [0, 0.05) is 43.0 Å². The molecule has 8 heteroatoms. The number of anilines is 1. The molecule has 28 heavy (non-hydrogen) atoms. The van der Waals surface area contributed by atoms with E-state index in [1.165, 1.54) is 6.20 Å². The number of halogens is 1. The zero-order valence-electron chi connectivity index (χ0n) is 15.4. The SMILES string of the molecule is Fc1ncccc1-c1cc(N2CCOCC2)nc2c(C3CCNN3)nccc12. The molecule has 2 aliphatic rings. The minimum absolute atomic E-state index is 0.0720. The van der Waals surface area contributed by atoms with Gasteiger partial charge in [-0.05, 0) is 36.2 Å². The smallest absolute Gasteiger partial charge is 0.220 e. The molecule has 7 nitrogen and oxygen atoms in total. The third-order valence-corrected chi connectivity index (χ3v) is 5.29. The first kappa shape index (κ1) is 17.4. The molecule has 2 saturated heterocycles. The molecule has 1 unspecified atom stereocenters. The van der Waals surface area contributed by atoms with Gasteiger partial charge in [0.25, 0.3) is 0 Å². The Bertz CT molecular complexity index is 1000. The molecule has 0 saturated carbocycles. The monoisotopic (exact) mass is 380 g/mol. The number of aromatic nitrogens is 3. The van der Waals surface area contributed by atoms with Crippen LogP contribution in [-0.2, 0) is 4.74 Å². The highest BCUT2D eigenvalue weighted by Gasteiger charge is 2.24. The van der Waals surface area contributed by atoms with Gasteiger partial charge in [-0.2, -0.15) is 4.39 Å². The summed E-state index contributed by atoms with van der Waals surface area (Å²) in [5.74, 6) is 0.330. The van der Waals surface area contributed by atoms with Crippen molar-refractivity contribution in [2.24, 2.45) is 0 Å². The molecule has 5 rings (SSSR count). The molecule has 0 radical (unpaired) electrons. The molecule has 144 valence electrons. The summed E-state index contributed by atoms with van der Waals surface area (Å²) < 4.78 is 20.1. The van der Waals surface area contributed by atoms with Crippen molar-refractivity contribution in [2.45, 2.75) is 12.5 Å². The molecule has 0 spiro atoms. The Morgan fingerprint density at radius 1 is 1.11 bits per heavy atom. The maximum atomic E-state index is 14.6. The van der Waals surface area contributed by atoms with E-state index in [0.717, 1.165) is 54.0 Å². The Kier molecular flexibility index (Phi) is 4.59. The summed E-state index contributed by atoms with van der Waals surface area (Å²) in [6.45, 7) is 3.70. The lowest BCUT2D eigenvalue weighted by molar-refractivity contribution is 0.122. The summed E-state index contributed by atoms with van der Waals surface area (Å²) in [7, 11) is 0. The number of nitrogens with one attached hydrogen (secondary N) is 2. The second-order valence-corrected chi connectivity index (χ2v) is 6.97. The average molecular weight is 380 g/mol. The number of hydrogen-bond acceptors (Lipinski definition) is 7. The number of morpholine rings is 1. The van der Waals surface area contributed by atoms with Crippen molar-refractivity contribution in [1.29, 1.82) is 0 Å². The number of ether oxygens (including phenoxy) is 1. The molecule has 2 N–H and O–H groups in total. The van der Waals surface area contributed by atoms with Crippen molar-refractivity contribution in [3.05, 3.63) is 48.3 Å². The van der Waals surface area contributed by atoms with E-state index >= 15 is 0 Å². The van der Waals surface area contributed by atoms with Gasteiger partial charge in [0.15, 0.2) is 0 Å². The Hall–Kier alpha value is -2.68. The number of hydrazine groups is 1. The van der Waals surface area contributed by atoms with Crippen LogP contribution in [0.3, 0.4) is 0 Å². The number of hydrogen-bond donors (Lipinski definition) is 2. The molecule has 1 atom stereocenters. The van der Waals surface area contributed by atoms with Crippen molar-refractivity contribution in [3.8, 4) is 11.1 Å². The summed E-state index contributed by atoms with van der Waals surface area (Å²) in [5.41, 5.74) is 9.35. The van der Waals surface area contributed by atoms with Gasteiger partial charge in [-0.3, -0.25) is 10.4 Å². The lowest BCUT2D eigenvalue weighted by Gasteiger charge is -2.29. The second-order valence-electron chi connectivity index (χ2n) is 6.97. The van der Waals surface area contributed by atoms with Gasteiger partial charge in [-0.1, -0.05) is 0 Å². The van der Waals surface area contributed by atoms with Crippen LogP contribution >= 0.6 is 0 Å². The van der Waals surface area contributed by atoms with Crippen molar-refractivity contribution in [1.82, 2.24) is 25.8 Å². The highest BCUT2D eigenvalue weighted by molar-refractivity contribution is 5.97. The molecule has 3 aromatic rings. The van der Waals surface area contributed by atoms with Crippen molar-refractivity contribution in [2.75, 3.05) is 37.7 Å². The van der Waals surface area contributed by atoms with Gasteiger partial charge in [-0.15, -0.1) is 0 Å². The second kappa shape index (κ2) is 7.38. The molecule has 5 heterocycles. The zero-order valence-corrected chi connectivity index (χ0v) is 15.4. The number of nitrogens with zero attached hydrogens (tertiary/aromatic N) is 4. The van der Waals surface area contributed by atoms with E-state index in [9.17, 15) is 4.39 Å². The highest BCUT2D eigenvalue weighted by Crippen LogP contribution is 2.35. The summed E-state index contributed by atoms with van der Waals surface area (Å²) in [6, 6.07) is 7.44. The normalized spacial score (nSPS) is 20.0. The Morgan fingerprint density at radius 3 is 2.79 bits per heavy atom. The summed E-state index contributed by atoms with van der Waals surface area (Å²) in [5, 5.41) is 0.877. The van der Waals surface area contributed by atoms with Gasteiger partial charge < -0.3 is 9.64 Å². The minimum atomic E-state index is -0.484. The third-order valence-electron chi connectivity index (χ3n) is 5.29. The maximum absolute atomic E-state index is 14.6. The minimum Gasteiger partial charge on any atom is -0.378 e.